The molecule has 1 heteroatoms. The maximum atomic E-state index is 3.21. The SMILES string of the molecule is CC.CNCC1CCCC1. The van der Waals surface area contributed by atoms with E-state index in [1.54, 1.807) is 0 Å². The zero-order chi connectivity index (χ0) is 7.82. The molecule has 1 N–H and O–H groups in total. The Balaban J connectivity index is 0.000000371. The fourth-order valence-corrected chi connectivity index (χ4v) is 1.50. The van der Waals surface area contributed by atoms with Crippen LogP contribution in [0.1, 0.15) is 39.5 Å². The van der Waals surface area contributed by atoms with Gasteiger partial charge in [-0.05, 0) is 32.4 Å². The second kappa shape index (κ2) is 7.07. The van der Waals surface area contributed by atoms with Crippen LogP contribution < -0.4 is 5.32 Å². The van der Waals surface area contributed by atoms with Crippen LogP contribution in [0.15, 0.2) is 0 Å². The Labute approximate surface area is 65.2 Å². The van der Waals surface area contributed by atoms with E-state index in [9.17, 15) is 0 Å². The zero-order valence-electron chi connectivity index (χ0n) is 7.61. The molecule has 0 aromatic rings. The summed E-state index contributed by atoms with van der Waals surface area (Å²) in [7, 11) is 2.04. The molecule has 1 nitrogen and oxygen atoms in total. The molecule has 0 aromatic carbocycles. The molecule has 1 aliphatic carbocycles. The van der Waals surface area contributed by atoms with E-state index in [-0.39, 0.29) is 0 Å². The van der Waals surface area contributed by atoms with Crippen LogP contribution in [0.4, 0.5) is 0 Å². The first-order valence-corrected chi connectivity index (χ1v) is 4.58. The molecule has 0 spiro atoms. The Morgan fingerprint density at radius 3 is 2.10 bits per heavy atom. The molecule has 1 fully saturated rings. The van der Waals surface area contributed by atoms with Crippen molar-refractivity contribution in [3.63, 3.8) is 0 Å². The van der Waals surface area contributed by atoms with E-state index < -0.39 is 0 Å². The number of nitrogens with one attached hydrogen (secondary N) is 1. The van der Waals surface area contributed by atoms with E-state index in [0.717, 1.165) is 5.92 Å². The lowest BCUT2D eigenvalue weighted by molar-refractivity contribution is 0.516. The van der Waals surface area contributed by atoms with Crippen molar-refractivity contribution < 1.29 is 0 Å². The summed E-state index contributed by atoms with van der Waals surface area (Å²) in [6.45, 7) is 5.24. The Morgan fingerprint density at radius 1 is 1.20 bits per heavy atom. The molecule has 0 aromatic heterocycles. The third-order valence-electron chi connectivity index (χ3n) is 1.97. The Bertz CT molecular complexity index is 55.7. The van der Waals surface area contributed by atoms with Crippen molar-refractivity contribution in [3.05, 3.63) is 0 Å². The smallest absolute Gasteiger partial charge is 0.00235 e. The molecule has 0 saturated heterocycles. The van der Waals surface area contributed by atoms with Crippen LogP contribution in [0.5, 0.6) is 0 Å². The van der Waals surface area contributed by atoms with Crippen molar-refractivity contribution in [2.45, 2.75) is 39.5 Å². The highest BCUT2D eigenvalue weighted by Crippen LogP contribution is 2.23. The predicted octanol–water partition coefficient (Wildman–Crippen LogP) is 2.42. The molecule has 0 amide bonds. The Hall–Kier alpha value is -0.0400. The van der Waals surface area contributed by atoms with Crippen LogP contribution in [0.3, 0.4) is 0 Å². The van der Waals surface area contributed by atoms with E-state index in [1.807, 2.05) is 20.9 Å². The van der Waals surface area contributed by atoms with Gasteiger partial charge in [0.15, 0.2) is 0 Å². The van der Waals surface area contributed by atoms with Crippen molar-refractivity contribution >= 4 is 0 Å². The van der Waals surface area contributed by atoms with Crippen LogP contribution in [-0.4, -0.2) is 13.6 Å². The molecule has 1 saturated carbocycles. The second-order valence-electron chi connectivity index (χ2n) is 2.71. The summed E-state index contributed by atoms with van der Waals surface area (Å²) in [5.74, 6) is 1.000. The van der Waals surface area contributed by atoms with Gasteiger partial charge in [0, 0.05) is 0 Å². The van der Waals surface area contributed by atoms with Crippen LogP contribution in [0.25, 0.3) is 0 Å². The van der Waals surface area contributed by atoms with E-state index >= 15 is 0 Å². The third-order valence-corrected chi connectivity index (χ3v) is 1.97. The normalized spacial score (nSPS) is 18.3. The summed E-state index contributed by atoms with van der Waals surface area (Å²) in [6.07, 6.45) is 5.85. The monoisotopic (exact) mass is 143 g/mol. The van der Waals surface area contributed by atoms with E-state index in [2.05, 4.69) is 5.32 Å². The molecular weight excluding hydrogens is 122 g/mol. The molecule has 0 atom stereocenters. The summed E-state index contributed by atoms with van der Waals surface area (Å²) in [5, 5.41) is 3.21. The first-order valence-electron chi connectivity index (χ1n) is 4.58. The van der Waals surface area contributed by atoms with E-state index in [4.69, 9.17) is 0 Å². The quantitative estimate of drug-likeness (QED) is 0.626. The summed E-state index contributed by atoms with van der Waals surface area (Å²) < 4.78 is 0. The lowest BCUT2D eigenvalue weighted by Gasteiger charge is -2.04. The van der Waals surface area contributed by atoms with Crippen molar-refractivity contribution in [1.29, 1.82) is 0 Å². The maximum Gasteiger partial charge on any atom is -0.00235 e. The van der Waals surface area contributed by atoms with Gasteiger partial charge in [0.25, 0.3) is 0 Å². The summed E-state index contributed by atoms with van der Waals surface area (Å²) >= 11 is 0. The van der Waals surface area contributed by atoms with E-state index in [0.29, 0.717) is 0 Å². The van der Waals surface area contributed by atoms with Gasteiger partial charge in [0.1, 0.15) is 0 Å². The number of rotatable bonds is 2. The molecule has 0 unspecified atom stereocenters. The molecule has 1 rings (SSSR count). The average molecular weight is 143 g/mol. The molecule has 62 valence electrons. The first kappa shape index (κ1) is 9.96. The fourth-order valence-electron chi connectivity index (χ4n) is 1.50. The summed E-state index contributed by atoms with van der Waals surface area (Å²) in [6, 6.07) is 0. The zero-order valence-corrected chi connectivity index (χ0v) is 7.61. The summed E-state index contributed by atoms with van der Waals surface area (Å²) in [5.41, 5.74) is 0. The first-order chi connectivity index (χ1) is 4.93. The minimum atomic E-state index is 1.000. The average Bonchev–Trinajstić information content (AvgIpc) is 2.46. The van der Waals surface area contributed by atoms with Crippen LogP contribution in [0, 0.1) is 5.92 Å². The third kappa shape index (κ3) is 3.89. The van der Waals surface area contributed by atoms with Gasteiger partial charge in [-0.3, -0.25) is 0 Å². The standard InChI is InChI=1S/C7H15N.C2H6/c1-8-6-7-4-2-3-5-7;1-2/h7-8H,2-6H2,1H3;1-2H3. The lowest BCUT2D eigenvalue weighted by Crippen LogP contribution is -2.15. The molecule has 0 radical (unpaired) electrons. The fraction of sp³-hybridized carbons (Fsp3) is 1.00. The molecular formula is C9H21N. The van der Waals surface area contributed by atoms with Crippen LogP contribution in [0.2, 0.25) is 0 Å². The van der Waals surface area contributed by atoms with Gasteiger partial charge in [-0.15, -0.1) is 0 Å². The molecule has 0 bridgehead atoms. The largest absolute Gasteiger partial charge is 0.319 e. The molecule has 0 heterocycles. The van der Waals surface area contributed by atoms with Gasteiger partial charge < -0.3 is 5.32 Å². The van der Waals surface area contributed by atoms with Crippen LogP contribution in [-0.2, 0) is 0 Å². The second-order valence-corrected chi connectivity index (χ2v) is 2.71. The minimum Gasteiger partial charge on any atom is -0.319 e. The van der Waals surface area contributed by atoms with Crippen molar-refractivity contribution in [3.8, 4) is 0 Å². The number of hydrogen-bond acceptors (Lipinski definition) is 1. The predicted molar refractivity (Wildman–Crippen MR) is 47.2 cm³/mol. The van der Waals surface area contributed by atoms with E-state index in [1.165, 1.54) is 32.2 Å². The minimum absolute atomic E-state index is 1.000. The topological polar surface area (TPSA) is 12.0 Å². The van der Waals surface area contributed by atoms with Crippen molar-refractivity contribution in [2.24, 2.45) is 5.92 Å². The van der Waals surface area contributed by atoms with Gasteiger partial charge in [0.05, 0.1) is 0 Å². The highest BCUT2D eigenvalue weighted by Gasteiger charge is 2.12. The molecule has 0 aliphatic heterocycles. The van der Waals surface area contributed by atoms with Crippen molar-refractivity contribution in [2.75, 3.05) is 13.6 Å². The van der Waals surface area contributed by atoms with Gasteiger partial charge >= 0.3 is 0 Å². The van der Waals surface area contributed by atoms with Crippen LogP contribution >= 0.6 is 0 Å². The van der Waals surface area contributed by atoms with Gasteiger partial charge in [-0.1, -0.05) is 26.7 Å². The Kier molecular flexibility index (Phi) is 7.04. The molecule has 1 aliphatic rings. The Morgan fingerprint density at radius 2 is 1.70 bits per heavy atom. The highest BCUT2D eigenvalue weighted by atomic mass is 14.8. The summed E-state index contributed by atoms with van der Waals surface area (Å²) in [4.78, 5) is 0. The molecule has 10 heavy (non-hydrogen) atoms. The van der Waals surface area contributed by atoms with Gasteiger partial charge in [0.2, 0.25) is 0 Å². The van der Waals surface area contributed by atoms with Gasteiger partial charge in [-0.25, -0.2) is 0 Å². The highest BCUT2D eigenvalue weighted by molar-refractivity contribution is 4.67. The van der Waals surface area contributed by atoms with Gasteiger partial charge in [-0.2, -0.15) is 0 Å². The lowest BCUT2D eigenvalue weighted by atomic mass is 10.1. The number of hydrogen-bond donors (Lipinski definition) is 1. The van der Waals surface area contributed by atoms with Crippen molar-refractivity contribution in [1.82, 2.24) is 5.32 Å². The maximum absolute atomic E-state index is 3.21.